The van der Waals surface area contributed by atoms with Gasteiger partial charge in [0, 0.05) is 10.7 Å². The van der Waals surface area contributed by atoms with Crippen molar-refractivity contribution in [1.82, 2.24) is 0 Å². The summed E-state index contributed by atoms with van der Waals surface area (Å²) in [6, 6.07) is 3.79. The van der Waals surface area contributed by atoms with Crippen LogP contribution in [-0.2, 0) is 13.8 Å². The quantitative estimate of drug-likeness (QED) is 0.546. The summed E-state index contributed by atoms with van der Waals surface area (Å²) in [6.07, 6.45) is -4.38. The lowest BCUT2D eigenvalue weighted by molar-refractivity contribution is -0.175. The first-order valence-electron chi connectivity index (χ1n) is 5.11. The van der Waals surface area contributed by atoms with E-state index in [0.29, 0.717) is 4.47 Å². The smallest absolute Gasteiger partial charge is 0.411 e. The topological polar surface area (TPSA) is 52.6 Å². The predicted molar refractivity (Wildman–Crippen MR) is 69.5 cm³/mol. The van der Waals surface area contributed by atoms with Crippen LogP contribution in [0.3, 0.4) is 0 Å². The Labute approximate surface area is 126 Å². The molecule has 4 nitrogen and oxygen atoms in total. The van der Waals surface area contributed by atoms with E-state index in [4.69, 9.17) is 15.4 Å². The minimum absolute atomic E-state index is 0.109. The maximum atomic E-state index is 11.8. The molecule has 10 heteroatoms. The molecule has 0 heterocycles. The standard InChI is InChI=1S/C10H9BrClF3O4S/c11-8-5-7(20(12,16)17)1-2-9(8)19-4-3-18-6-10(13,14)15/h1-2,5H,3-4,6H2. The second kappa shape index (κ2) is 6.97. The highest BCUT2D eigenvalue weighted by Gasteiger charge is 2.27. The van der Waals surface area contributed by atoms with Crippen molar-refractivity contribution in [1.29, 1.82) is 0 Å². The number of hydrogen-bond donors (Lipinski definition) is 0. The molecule has 1 aromatic carbocycles. The summed E-state index contributed by atoms with van der Waals surface area (Å²) < 4.78 is 67.3. The van der Waals surface area contributed by atoms with Gasteiger partial charge in [0.2, 0.25) is 0 Å². The summed E-state index contributed by atoms with van der Waals surface area (Å²) in [5, 5.41) is 0. The number of benzene rings is 1. The molecule has 0 fully saturated rings. The molecular formula is C10H9BrClF3O4S. The van der Waals surface area contributed by atoms with Gasteiger partial charge >= 0.3 is 6.18 Å². The van der Waals surface area contributed by atoms with Gasteiger partial charge in [-0.1, -0.05) is 0 Å². The molecule has 0 bridgehead atoms. The van der Waals surface area contributed by atoms with Gasteiger partial charge in [0.05, 0.1) is 16.0 Å². The number of alkyl halides is 3. The summed E-state index contributed by atoms with van der Waals surface area (Å²) in [4.78, 5) is -0.119. The average molecular weight is 398 g/mol. The van der Waals surface area contributed by atoms with Crippen molar-refractivity contribution < 1.29 is 31.1 Å². The molecule has 0 saturated heterocycles. The average Bonchev–Trinajstić information content (AvgIpc) is 2.27. The third-order valence-corrected chi connectivity index (χ3v) is 3.91. The third kappa shape index (κ3) is 6.29. The Bertz CT molecular complexity index is 562. The molecule has 0 amide bonds. The van der Waals surface area contributed by atoms with Crippen molar-refractivity contribution >= 4 is 35.7 Å². The molecular weight excluding hydrogens is 389 g/mol. The second-order valence-corrected chi connectivity index (χ2v) is 6.97. The van der Waals surface area contributed by atoms with Crippen molar-refractivity contribution in [2.24, 2.45) is 0 Å². The number of hydrogen-bond acceptors (Lipinski definition) is 4. The Hall–Kier alpha value is -0.510. The Morgan fingerprint density at radius 3 is 2.40 bits per heavy atom. The van der Waals surface area contributed by atoms with Crippen LogP contribution in [0.4, 0.5) is 13.2 Å². The van der Waals surface area contributed by atoms with Crippen molar-refractivity contribution in [2.75, 3.05) is 19.8 Å². The van der Waals surface area contributed by atoms with Crippen molar-refractivity contribution in [3.63, 3.8) is 0 Å². The first-order chi connectivity index (χ1) is 9.09. The second-order valence-electron chi connectivity index (χ2n) is 3.55. The van der Waals surface area contributed by atoms with E-state index in [0.717, 1.165) is 0 Å². The summed E-state index contributed by atoms with van der Waals surface area (Å²) >= 11 is 3.07. The van der Waals surface area contributed by atoms with E-state index in [-0.39, 0.29) is 23.9 Å². The number of ether oxygens (including phenoxy) is 2. The Balaban J connectivity index is 2.50. The Morgan fingerprint density at radius 1 is 1.25 bits per heavy atom. The summed E-state index contributed by atoms with van der Waals surface area (Å²) in [7, 11) is 1.30. The largest absolute Gasteiger partial charge is 0.490 e. The molecule has 0 unspecified atom stereocenters. The van der Waals surface area contributed by atoms with Gasteiger partial charge in [-0.05, 0) is 34.1 Å². The van der Waals surface area contributed by atoms with E-state index < -0.39 is 21.8 Å². The maximum Gasteiger partial charge on any atom is 0.411 e. The first kappa shape index (κ1) is 17.5. The third-order valence-electron chi connectivity index (χ3n) is 1.94. The maximum absolute atomic E-state index is 11.8. The fourth-order valence-corrected chi connectivity index (χ4v) is 2.57. The lowest BCUT2D eigenvalue weighted by Crippen LogP contribution is -2.19. The van der Waals surface area contributed by atoms with Gasteiger partial charge in [-0.2, -0.15) is 13.2 Å². The monoisotopic (exact) mass is 396 g/mol. The summed E-state index contributed by atoms with van der Waals surface area (Å²) in [6.45, 7) is -1.70. The molecule has 0 saturated carbocycles. The van der Waals surface area contributed by atoms with Gasteiger partial charge in [0.25, 0.3) is 9.05 Å². The highest BCUT2D eigenvalue weighted by atomic mass is 79.9. The van der Waals surface area contributed by atoms with Crippen LogP contribution in [-0.4, -0.2) is 34.4 Å². The summed E-state index contributed by atoms with van der Waals surface area (Å²) in [5.41, 5.74) is 0. The Morgan fingerprint density at radius 2 is 1.90 bits per heavy atom. The molecule has 0 aliphatic rings. The molecule has 0 aromatic heterocycles. The fraction of sp³-hybridized carbons (Fsp3) is 0.400. The predicted octanol–water partition coefficient (Wildman–Crippen LogP) is 3.33. The minimum atomic E-state index is -4.38. The first-order valence-corrected chi connectivity index (χ1v) is 8.21. The molecule has 1 aromatic rings. The molecule has 20 heavy (non-hydrogen) atoms. The SMILES string of the molecule is O=S(=O)(Cl)c1ccc(OCCOCC(F)(F)F)c(Br)c1. The highest BCUT2D eigenvalue weighted by Crippen LogP contribution is 2.29. The lowest BCUT2D eigenvalue weighted by atomic mass is 10.3. The van der Waals surface area contributed by atoms with Crippen LogP contribution in [0.15, 0.2) is 27.6 Å². The molecule has 0 atom stereocenters. The van der Waals surface area contributed by atoms with E-state index in [2.05, 4.69) is 20.7 Å². The minimum Gasteiger partial charge on any atom is -0.490 e. The number of halogens is 5. The van der Waals surface area contributed by atoms with E-state index in [1.165, 1.54) is 18.2 Å². The van der Waals surface area contributed by atoms with Gasteiger partial charge in [0.1, 0.15) is 19.0 Å². The van der Waals surface area contributed by atoms with E-state index in [9.17, 15) is 21.6 Å². The van der Waals surface area contributed by atoms with Gasteiger partial charge in [-0.3, -0.25) is 0 Å². The molecule has 0 aliphatic carbocycles. The number of rotatable bonds is 6. The highest BCUT2D eigenvalue weighted by molar-refractivity contribution is 9.10. The fourth-order valence-electron chi connectivity index (χ4n) is 1.15. The zero-order valence-corrected chi connectivity index (χ0v) is 12.9. The van der Waals surface area contributed by atoms with E-state index in [1.54, 1.807) is 0 Å². The molecule has 0 N–H and O–H groups in total. The van der Waals surface area contributed by atoms with E-state index in [1.807, 2.05) is 0 Å². The molecule has 1 rings (SSSR count). The molecule has 0 aliphatic heterocycles. The van der Waals surface area contributed by atoms with Crippen LogP contribution in [0.2, 0.25) is 0 Å². The lowest BCUT2D eigenvalue weighted by Gasteiger charge is -2.10. The molecule has 0 radical (unpaired) electrons. The van der Waals surface area contributed by atoms with Crippen LogP contribution in [0, 0.1) is 0 Å². The van der Waals surface area contributed by atoms with Crippen LogP contribution in [0.1, 0.15) is 0 Å². The molecule has 114 valence electrons. The van der Waals surface area contributed by atoms with Crippen LogP contribution in [0.25, 0.3) is 0 Å². The van der Waals surface area contributed by atoms with Crippen molar-refractivity contribution in [3.8, 4) is 5.75 Å². The van der Waals surface area contributed by atoms with Crippen molar-refractivity contribution in [3.05, 3.63) is 22.7 Å². The van der Waals surface area contributed by atoms with Crippen molar-refractivity contribution in [2.45, 2.75) is 11.1 Å². The van der Waals surface area contributed by atoms with Gasteiger partial charge in [0.15, 0.2) is 0 Å². The molecule has 0 spiro atoms. The van der Waals surface area contributed by atoms with Crippen LogP contribution in [0.5, 0.6) is 5.75 Å². The van der Waals surface area contributed by atoms with E-state index >= 15 is 0 Å². The zero-order valence-electron chi connectivity index (χ0n) is 9.78. The van der Waals surface area contributed by atoms with Gasteiger partial charge < -0.3 is 9.47 Å². The van der Waals surface area contributed by atoms with Gasteiger partial charge in [-0.25, -0.2) is 8.42 Å². The van der Waals surface area contributed by atoms with Gasteiger partial charge in [-0.15, -0.1) is 0 Å². The zero-order chi connectivity index (χ0) is 15.4. The van der Waals surface area contributed by atoms with Crippen LogP contribution < -0.4 is 4.74 Å². The Kier molecular flexibility index (Phi) is 6.11. The summed E-state index contributed by atoms with van der Waals surface area (Å²) in [5.74, 6) is 0.268. The normalized spacial score (nSPS) is 12.4. The van der Waals surface area contributed by atoms with Crippen LogP contribution >= 0.6 is 26.6 Å².